The van der Waals surface area contributed by atoms with Gasteiger partial charge >= 0.3 is 0 Å². The van der Waals surface area contributed by atoms with Crippen molar-refractivity contribution in [3.8, 4) is 0 Å². The zero-order valence-corrected chi connectivity index (χ0v) is 12.2. The van der Waals surface area contributed by atoms with Gasteiger partial charge in [-0.3, -0.25) is 0 Å². The Bertz CT molecular complexity index is 220. The fourth-order valence-corrected chi connectivity index (χ4v) is 1.87. The van der Waals surface area contributed by atoms with Gasteiger partial charge in [0.05, 0.1) is 5.68 Å². The minimum Gasteiger partial charge on any atom is -0.312 e. The van der Waals surface area contributed by atoms with Gasteiger partial charge in [0.1, 0.15) is 0 Å². The van der Waals surface area contributed by atoms with E-state index in [-0.39, 0.29) is 16.7 Å². The third-order valence-electron chi connectivity index (χ3n) is 2.84. The molecule has 0 bridgehead atoms. The van der Waals surface area contributed by atoms with Crippen LogP contribution < -0.4 is 0 Å². The molecule has 0 aromatic rings. The van der Waals surface area contributed by atoms with Crippen LogP contribution in [0.25, 0.3) is 0 Å². The average molecular weight is 223 g/mol. The van der Waals surface area contributed by atoms with Gasteiger partial charge in [-0.05, 0) is 17.3 Å². The monoisotopic (exact) mass is 223 g/mol. The van der Waals surface area contributed by atoms with E-state index < -0.39 is 0 Å². The van der Waals surface area contributed by atoms with Crippen LogP contribution in [-0.2, 0) is 4.79 Å². The third-order valence-corrected chi connectivity index (χ3v) is 2.84. The van der Waals surface area contributed by atoms with Crippen LogP contribution >= 0.6 is 0 Å². The lowest BCUT2D eigenvalue weighted by atomic mass is 9.57. The molecule has 0 saturated heterocycles. The number of rotatable bonds is 5. The zero-order valence-electron chi connectivity index (χ0n) is 12.2. The molecule has 0 N–H and O–H groups in total. The predicted molar refractivity (Wildman–Crippen MR) is 72.9 cm³/mol. The van der Waals surface area contributed by atoms with Gasteiger partial charge < -0.3 is 4.79 Å². The topological polar surface area (TPSA) is 17.1 Å². The fourth-order valence-electron chi connectivity index (χ4n) is 1.87. The summed E-state index contributed by atoms with van der Waals surface area (Å²) >= 11 is 0. The molecule has 0 heterocycles. The van der Waals surface area contributed by atoms with E-state index in [2.05, 4.69) is 48.5 Å². The SMILES string of the molecule is CCC[B]C(=O)C(CC(C)(C)C)C(C)(C)C. The van der Waals surface area contributed by atoms with Crippen LogP contribution in [0.5, 0.6) is 0 Å². The summed E-state index contributed by atoms with van der Waals surface area (Å²) in [4.78, 5) is 12.2. The molecule has 0 aliphatic rings. The second kappa shape index (κ2) is 5.88. The van der Waals surface area contributed by atoms with E-state index in [0.29, 0.717) is 5.68 Å². The molecule has 0 spiro atoms. The molecule has 0 aliphatic heterocycles. The van der Waals surface area contributed by atoms with Gasteiger partial charge in [0.2, 0.25) is 7.28 Å². The van der Waals surface area contributed by atoms with Crippen LogP contribution in [0.15, 0.2) is 0 Å². The van der Waals surface area contributed by atoms with Crippen molar-refractivity contribution in [2.75, 3.05) is 0 Å². The van der Waals surface area contributed by atoms with Gasteiger partial charge in [0, 0.05) is 5.92 Å². The number of carbonyl (C=O) groups excluding carboxylic acids is 1. The van der Waals surface area contributed by atoms with Crippen molar-refractivity contribution < 1.29 is 4.79 Å². The number of carbonyl (C=O) groups is 1. The summed E-state index contributed by atoms with van der Waals surface area (Å²) < 4.78 is 0. The normalized spacial score (nSPS) is 14.7. The smallest absolute Gasteiger partial charge is 0.202 e. The lowest BCUT2D eigenvalue weighted by Crippen LogP contribution is -2.35. The highest BCUT2D eigenvalue weighted by molar-refractivity contribution is 6.74. The lowest BCUT2D eigenvalue weighted by molar-refractivity contribution is -0.119. The maximum Gasteiger partial charge on any atom is 0.202 e. The highest BCUT2D eigenvalue weighted by atomic mass is 16.1. The fraction of sp³-hybridized carbons (Fsp3) is 0.929. The molecule has 1 nitrogen and oxygen atoms in total. The summed E-state index contributed by atoms with van der Waals surface area (Å²) in [6.07, 6.45) is 2.93. The molecule has 16 heavy (non-hydrogen) atoms. The van der Waals surface area contributed by atoms with E-state index in [1.54, 1.807) is 0 Å². The summed E-state index contributed by atoms with van der Waals surface area (Å²) in [6.45, 7) is 15.2. The molecular weight excluding hydrogens is 195 g/mol. The van der Waals surface area contributed by atoms with Crippen molar-refractivity contribution in [2.45, 2.75) is 67.6 Å². The van der Waals surface area contributed by atoms with Crippen LogP contribution in [0, 0.1) is 16.7 Å². The van der Waals surface area contributed by atoms with Crippen molar-refractivity contribution in [3.63, 3.8) is 0 Å². The van der Waals surface area contributed by atoms with E-state index in [0.717, 1.165) is 19.2 Å². The molecule has 93 valence electrons. The Labute approximate surface area is 103 Å². The molecule has 1 unspecified atom stereocenters. The molecule has 0 fully saturated rings. The Hall–Kier alpha value is -0.265. The highest BCUT2D eigenvalue weighted by Crippen LogP contribution is 2.36. The summed E-state index contributed by atoms with van der Waals surface area (Å²) in [5.74, 6) is 0.152. The molecule has 0 aromatic heterocycles. The quantitative estimate of drug-likeness (QED) is 0.640. The molecule has 0 rings (SSSR count). The van der Waals surface area contributed by atoms with Gasteiger partial charge in [-0.25, -0.2) is 0 Å². The molecule has 2 heteroatoms. The Morgan fingerprint density at radius 2 is 1.62 bits per heavy atom. The minimum absolute atomic E-state index is 0.0641. The number of hydrogen-bond acceptors (Lipinski definition) is 1. The van der Waals surface area contributed by atoms with E-state index >= 15 is 0 Å². The summed E-state index contributed by atoms with van der Waals surface area (Å²) in [5, 5.41) is 0. The van der Waals surface area contributed by atoms with Gasteiger partial charge in [-0.15, -0.1) is 0 Å². The number of hydrogen-bond donors (Lipinski definition) is 0. The second-order valence-electron chi connectivity index (χ2n) is 7.08. The molecule has 1 atom stereocenters. The predicted octanol–water partition coefficient (Wildman–Crippen LogP) is 4.14. The summed E-state index contributed by atoms with van der Waals surface area (Å²) in [6, 6.07) is 0. The van der Waals surface area contributed by atoms with Gasteiger partial charge in [0.15, 0.2) is 0 Å². The van der Waals surface area contributed by atoms with Crippen LogP contribution in [0.3, 0.4) is 0 Å². The summed E-state index contributed by atoms with van der Waals surface area (Å²) in [7, 11) is 1.89. The van der Waals surface area contributed by atoms with Crippen molar-refractivity contribution in [2.24, 2.45) is 16.7 Å². The van der Waals surface area contributed by atoms with Crippen molar-refractivity contribution >= 4 is 13.0 Å². The van der Waals surface area contributed by atoms with E-state index in [9.17, 15) is 4.79 Å². The first kappa shape index (κ1) is 15.7. The lowest BCUT2D eigenvalue weighted by Gasteiger charge is -2.34. The third kappa shape index (κ3) is 6.35. The molecule has 0 saturated carbocycles. The Balaban J connectivity index is 4.62. The standard InChI is InChI=1S/C14H28BO/c1-8-9-15-12(16)11(14(5,6)7)10-13(2,3)4/h11H,8-10H2,1-7H3. The van der Waals surface area contributed by atoms with Crippen molar-refractivity contribution in [1.82, 2.24) is 0 Å². The van der Waals surface area contributed by atoms with Crippen molar-refractivity contribution in [1.29, 1.82) is 0 Å². The Kier molecular flexibility index (Phi) is 5.79. The van der Waals surface area contributed by atoms with Crippen LogP contribution in [0.4, 0.5) is 0 Å². The maximum atomic E-state index is 12.2. The Morgan fingerprint density at radius 3 is 1.94 bits per heavy atom. The largest absolute Gasteiger partial charge is 0.312 e. The maximum absolute atomic E-state index is 12.2. The average Bonchev–Trinajstić information content (AvgIpc) is 2.07. The minimum atomic E-state index is 0.0641. The molecule has 0 aliphatic carbocycles. The van der Waals surface area contributed by atoms with Gasteiger partial charge in [-0.2, -0.15) is 0 Å². The van der Waals surface area contributed by atoms with Gasteiger partial charge in [-0.1, -0.05) is 61.2 Å². The first-order valence-corrected chi connectivity index (χ1v) is 6.45. The molecule has 0 aromatic carbocycles. The molecular formula is C14H28BO. The van der Waals surface area contributed by atoms with E-state index in [4.69, 9.17) is 0 Å². The molecule has 1 radical (unpaired) electrons. The van der Waals surface area contributed by atoms with E-state index in [1.807, 2.05) is 7.28 Å². The first-order chi connectivity index (χ1) is 7.08. The molecule has 0 amide bonds. The van der Waals surface area contributed by atoms with Crippen LogP contribution in [0.1, 0.15) is 61.3 Å². The Morgan fingerprint density at radius 1 is 1.12 bits per heavy atom. The van der Waals surface area contributed by atoms with E-state index in [1.165, 1.54) is 0 Å². The van der Waals surface area contributed by atoms with Crippen LogP contribution in [0.2, 0.25) is 6.32 Å². The summed E-state index contributed by atoms with van der Waals surface area (Å²) in [5.41, 5.74) is 0.617. The zero-order chi connectivity index (χ0) is 13.0. The van der Waals surface area contributed by atoms with Crippen LogP contribution in [-0.4, -0.2) is 13.0 Å². The highest BCUT2D eigenvalue weighted by Gasteiger charge is 2.33. The van der Waals surface area contributed by atoms with Crippen molar-refractivity contribution in [3.05, 3.63) is 0 Å². The second-order valence-corrected chi connectivity index (χ2v) is 7.08. The van der Waals surface area contributed by atoms with Gasteiger partial charge in [0.25, 0.3) is 0 Å². The first-order valence-electron chi connectivity index (χ1n) is 6.45.